The van der Waals surface area contributed by atoms with Gasteiger partial charge in [-0.15, -0.1) is 5.10 Å². The zero-order valence-electron chi connectivity index (χ0n) is 19.0. The van der Waals surface area contributed by atoms with Crippen molar-refractivity contribution in [1.82, 2.24) is 14.9 Å². The van der Waals surface area contributed by atoms with E-state index in [9.17, 15) is 17.6 Å². The molecule has 0 bridgehead atoms. The van der Waals surface area contributed by atoms with Crippen LogP contribution in [0.1, 0.15) is 41.5 Å². The maximum atomic E-state index is 14.9. The van der Waals surface area contributed by atoms with E-state index in [0.29, 0.717) is 22.8 Å². The lowest BCUT2D eigenvalue weighted by Crippen LogP contribution is -2.35. The molecule has 0 aliphatic carbocycles. The van der Waals surface area contributed by atoms with Gasteiger partial charge in [0.2, 0.25) is 15.9 Å². The van der Waals surface area contributed by atoms with Crippen LogP contribution in [0, 0.1) is 19.7 Å². The molecule has 2 heterocycles. The van der Waals surface area contributed by atoms with Gasteiger partial charge in [-0.05, 0) is 48.7 Å². The van der Waals surface area contributed by atoms with Gasteiger partial charge in [0.1, 0.15) is 23.4 Å². The van der Waals surface area contributed by atoms with Gasteiger partial charge < -0.3 is 14.1 Å². The summed E-state index contributed by atoms with van der Waals surface area (Å²) in [7, 11) is -2.49. The molecular weight excluding hydrogens is 487 g/mol. The van der Waals surface area contributed by atoms with Gasteiger partial charge in [-0.2, -0.15) is 4.72 Å². The molecule has 0 radical (unpaired) electrons. The van der Waals surface area contributed by atoms with Crippen molar-refractivity contribution < 1.29 is 22.0 Å². The lowest BCUT2D eigenvalue weighted by molar-refractivity contribution is 0.302. The monoisotopic (exact) mass is 510 g/mol. The first-order chi connectivity index (χ1) is 16.0. The maximum Gasteiger partial charge on any atom is 0.434 e. The van der Waals surface area contributed by atoms with E-state index in [0.717, 1.165) is 5.56 Å². The summed E-state index contributed by atoms with van der Waals surface area (Å²) >= 11 is 6.30. The number of hydrogen-bond donors (Lipinski definition) is 2. The number of aromatic nitrogens is 2. The van der Waals surface area contributed by atoms with Gasteiger partial charge in [0.05, 0.1) is 17.3 Å². The number of anilines is 1. The van der Waals surface area contributed by atoms with Crippen molar-refractivity contribution >= 4 is 27.3 Å². The number of nitrogens with one attached hydrogen (secondary N) is 2. The number of nitrogens with zero attached hydrogens (tertiary/aromatic N) is 2. The molecule has 2 N–H and O–H groups in total. The summed E-state index contributed by atoms with van der Waals surface area (Å²) in [6, 6.07) is 4.57. The number of hydrogen-bond acceptors (Lipinski definition) is 7. The molecule has 2 aromatic carbocycles. The first-order valence-corrected chi connectivity index (χ1v) is 12.4. The van der Waals surface area contributed by atoms with E-state index in [-0.39, 0.29) is 28.7 Å². The Bertz CT molecular complexity index is 1400. The van der Waals surface area contributed by atoms with Crippen molar-refractivity contribution in [3.63, 3.8) is 0 Å². The number of fused-ring (bicyclic) bond motifs is 1. The van der Waals surface area contributed by atoms with Crippen molar-refractivity contribution in [2.75, 3.05) is 25.1 Å². The van der Waals surface area contributed by atoms with Crippen molar-refractivity contribution in [3.8, 4) is 5.75 Å². The quantitative estimate of drug-likeness (QED) is 0.521. The Kier molecular flexibility index (Phi) is 6.45. The van der Waals surface area contributed by atoms with Crippen LogP contribution < -0.4 is 20.1 Å². The molecule has 3 aromatic rings. The molecule has 0 saturated carbocycles. The van der Waals surface area contributed by atoms with Gasteiger partial charge in [0.15, 0.2) is 5.75 Å². The number of aryl methyl sites for hydroxylation is 1. The standard InChI is InChI=1S/C22H24ClFN4O5S/c1-11-5-7-15(24)17(12(11)2)13(3)18(21-25-26-22(29)33-21)27-34(30,31)16-8-6-14(23)19-20(16)32-10-9-28(19)4/h5-8,13,18,27H,9-10H2,1-4H3,(H,26,29). The molecule has 9 nitrogen and oxygen atoms in total. The smallest absolute Gasteiger partial charge is 0.434 e. The highest BCUT2D eigenvalue weighted by Gasteiger charge is 2.36. The highest BCUT2D eigenvalue weighted by atomic mass is 35.5. The Hall–Kier alpha value is -2.89. The topological polar surface area (TPSA) is 118 Å². The molecule has 4 rings (SSSR count). The first kappa shape index (κ1) is 24.2. The summed E-state index contributed by atoms with van der Waals surface area (Å²) in [4.78, 5) is 13.3. The van der Waals surface area contributed by atoms with Crippen LogP contribution in [0.3, 0.4) is 0 Å². The van der Waals surface area contributed by atoms with E-state index in [1.165, 1.54) is 18.2 Å². The van der Waals surface area contributed by atoms with Crippen molar-refractivity contribution in [3.05, 3.63) is 68.2 Å². The van der Waals surface area contributed by atoms with Gasteiger partial charge >= 0.3 is 5.76 Å². The highest BCUT2D eigenvalue weighted by molar-refractivity contribution is 7.89. The van der Waals surface area contributed by atoms with E-state index in [1.54, 1.807) is 31.9 Å². The second kappa shape index (κ2) is 9.05. The molecule has 0 spiro atoms. The average Bonchev–Trinajstić information content (AvgIpc) is 3.21. The third kappa shape index (κ3) is 4.30. The normalized spacial score (nSPS) is 15.5. The Balaban J connectivity index is 1.82. The maximum absolute atomic E-state index is 14.9. The van der Waals surface area contributed by atoms with Crippen LogP contribution in [0.2, 0.25) is 5.02 Å². The van der Waals surface area contributed by atoms with Crippen LogP contribution in [-0.2, 0) is 10.0 Å². The Morgan fingerprint density at radius 3 is 2.68 bits per heavy atom. The minimum absolute atomic E-state index is 0.113. The number of halogens is 2. The van der Waals surface area contributed by atoms with Crippen LogP contribution in [0.15, 0.2) is 38.4 Å². The van der Waals surface area contributed by atoms with E-state index < -0.39 is 33.6 Å². The Morgan fingerprint density at radius 1 is 1.26 bits per heavy atom. The minimum atomic E-state index is -4.27. The fourth-order valence-electron chi connectivity index (χ4n) is 4.13. The third-order valence-electron chi connectivity index (χ3n) is 6.08. The summed E-state index contributed by atoms with van der Waals surface area (Å²) in [5, 5.41) is 6.30. The van der Waals surface area contributed by atoms with E-state index in [1.807, 2.05) is 6.92 Å². The summed E-state index contributed by atoms with van der Waals surface area (Å²) < 4.78 is 55.4. The summed E-state index contributed by atoms with van der Waals surface area (Å²) in [5.41, 5.74) is 2.22. The molecule has 1 aliphatic rings. The average molecular weight is 511 g/mol. The summed E-state index contributed by atoms with van der Waals surface area (Å²) in [6.45, 7) is 6.01. The molecule has 1 aliphatic heterocycles. The third-order valence-corrected chi connectivity index (χ3v) is 7.85. The lowest BCUT2D eigenvalue weighted by Gasteiger charge is -2.30. The zero-order chi connectivity index (χ0) is 24.8. The van der Waals surface area contributed by atoms with Crippen molar-refractivity contribution in [2.24, 2.45) is 0 Å². The van der Waals surface area contributed by atoms with Crippen molar-refractivity contribution in [2.45, 2.75) is 37.6 Å². The second-order valence-corrected chi connectivity index (χ2v) is 10.3. The van der Waals surface area contributed by atoms with E-state index in [4.69, 9.17) is 20.8 Å². The van der Waals surface area contributed by atoms with Gasteiger partial charge in [0, 0.05) is 13.0 Å². The number of benzene rings is 2. The van der Waals surface area contributed by atoms with Crippen LogP contribution in [0.5, 0.6) is 5.75 Å². The highest BCUT2D eigenvalue weighted by Crippen LogP contribution is 2.43. The molecule has 1 aromatic heterocycles. The number of sulfonamides is 1. The molecule has 2 atom stereocenters. The van der Waals surface area contributed by atoms with Crippen LogP contribution in [0.25, 0.3) is 0 Å². The van der Waals surface area contributed by atoms with Gasteiger partial charge in [-0.1, -0.05) is 24.6 Å². The lowest BCUT2D eigenvalue weighted by atomic mass is 9.88. The molecule has 12 heteroatoms. The number of H-pyrrole nitrogens is 1. The zero-order valence-corrected chi connectivity index (χ0v) is 20.6. The predicted molar refractivity (Wildman–Crippen MR) is 125 cm³/mol. The largest absolute Gasteiger partial charge is 0.488 e. The van der Waals surface area contributed by atoms with Gasteiger partial charge in [-0.25, -0.2) is 22.7 Å². The Labute approximate surface area is 200 Å². The van der Waals surface area contributed by atoms with Gasteiger partial charge in [-0.3, -0.25) is 0 Å². The van der Waals surface area contributed by atoms with E-state index in [2.05, 4.69) is 14.9 Å². The SMILES string of the molecule is Cc1ccc(F)c(C(C)C(NS(=O)(=O)c2ccc(Cl)c3c2OCCN3C)c2n[nH]c(=O)o2)c1C. The first-order valence-electron chi connectivity index (χ1n) is 10.5. The number of aromatic amines is 1. The molecular formula is C22H24ClFN4O5S. The summed E-state index contributed by atoms with van der Waals surface area (Å²) in [5.74, 6) is -2.26. The molecule has 0 saturated heterocycles. The number of rotatable bonds is 6. The fourth-order valence-corrected chi connectivity index (χ4v) is 5.84. The van der Waals surface area contributed by atoms with Crippen LogP contribution >= 0.6 is 11.6 Å². The second-order valence-electron chi connectivity index (χ2n) is 8.24. The van der Waals surface area contributed by atoms with E-state index >= 15 is 0 Å². The van der Waals surface area contributed by atoms with Crippen LogP contribution in [0.4, 0.5) is 10.1 Å². The predicted octanol–water partition coefficient (Wildman–Crippen LogP) is 3.42. The molecule has 0 fully saturated rings. The van der Waals surface area contributed by atoms with Crippen LogP contribution in [-0.4, -0.2) is 38.8 Å². The minimum Gasteiger partial charge on any atom is -0.488 e. The Morgan fingerprint density at radius 2 is 2.00 bits per heavy atom. The molecule has 34 heavy (non-hydrogen) atoms. The number of ether oxygens (including phenoxy) is 1. The molecule has 0 amide bonds. The molecule has 182 valence electrons. The van der Waals surface area contributed by atoms with Gasteiger partial charge in [0.25, 0.3) is 0 Å². The molecule has 2 unspecified atom stereocenters. The number of likely N-dealkylation sites (N-methyl/N-ethyl adjacent to an activating group) is 1. The fraction of sp³-hybridized carbons (Fsp3) is 0.364. The van der Waals surface area contributed by atoms with Crippen molar-refractivity contribution in [1.29, 1.82) is 0 Å². The summed E-state index contributed by atoms with van der Waals surface area (Å²) in [6.07, 6.45) is 0.